The lowest BCUT2D eigenvalue weighted by Crippen LogP contribution is -2.49. The third-order valence-electron chi connectivity index (χ3n) is 3.01. The van der Waals surface area contributed by atoms with Crippen LogP contribution in [0.1, 0.15) is 26.3 Å². The van der Waals surface area contributed by atoms with Gasteiger partial charge in [0.05, 0.1) is 12.8 Å². The lowest BCUT2D eigenvalue weighted by Gasteiger charge is -2.27. The molecule has 1 aliphatic rings. The van der Waals surface area contributed by atoms with Gasteiger partial charge in [0.25, 0.3) is 0 Å². The molecule has 0 unspecified atom stereocenters. The summed E-state index contributed by atoms with van der Waals surface area (Å²) >= 11 is 0. The lowest BCUT2D eigenvalue weighted by molar-refractivity contribution is -0.118. The van der Waals surface area contributed by atoms with E-state index in [1.807, 2.05) is 12.1 Å². The predicted octanol–water partition coefficient (Wildman–Crippen LogP) is 2.08. The molecule has 0 fully saturated rings. The van der Waals surface area contributed by atoms with Crippen molar-refractivity contribution in [3.63, 3.8) is 0 Å². The molecular formula is C15H20N2O4. The summed E-state index contributed by atoms with van der Waals surface area (Å²) < 4.78 is 10.4. The second-order valence-corrected chi connectivity index (χ2v) is 5.89. The zero-order valence-electron chi connectivity index (χ0n) is 12.6. The summed E-state index contributed by atoms with van der Waals surface area (Å²) in [4.78, 5) is 23.9. The molecule has 21 heavy (non-hydrogen) atoms. The molecule has 0 aliphatic carbocycles. The quantitative estimate of drug-likeness (QED) is 0.875. The van der Waals surface area contributed by atoms with Crippen molar-refractivity contribution in [2.75, 3.05) is 12.4 Å². The van der Waals surface area contributed by atoms with Crippen LogP contribution in [0, 0.1) is 0 Å². The van der Waals surface area contributed by atoms with Crippen LogP contribution in [0.3, 0.4) is 0 Å². The summed E-state index contributed by atoms with van der Waals surface area (Å²) in [6, 6.07) is 4.86. The van der Waals surface area contributed by atoms with E-state index < -0.39 is 17.7 Å². The van der Waals surface area contributed by atoms with Crippen molar-refractivity contribution in [2.24, 2.45) is 0 Å². The molecule has 1 aromatic rings. The van der Waals surface area contributed by atoms with Crippen molar-refractivity contribution in [2.45, 2.75) is 38.8 Å². The maximum absolute atomic E-state index is 12.1. The third kappa shape index (κ3) is 3.65. The summed E-state index contributed by atoms with van der Waals surface area (Å²) in [5.74, 6) is 0.328. The topological polar surface area (TPSA) is 76.7 Å². The molecule has 0 radical (unpaired) electrons. The lowest BCUT2D eigenvalue weighted by atomic mass is 9.98. The van der Waals surface area contributed by atoms with Crippen LogP contribution < -0.4 is 15.4 Å². The van der Waals surface area contributed by atoms with Gasteiger partial charge in [-0.15, -0.1) is 0 Å². The van der Waals surface area contributed by atoms with E-state index in [1.54, 1.807) is 33.9 Å². The molecule has 0 saturated carbocycles. The summed E-state index contributed by atoms with van der Waals surface area (Å²) in [7, 11) is 1.55. The number of carbonyl (C=O) groups excluding carboxylic acids is 2. The minimum absolute atomic E-state index is 0.280. The first-order valence-corrected chi connectivity index (χ1v) is 6.76. The molecule has 1 heterocycles. The van der Waals surface area contributed by atoms with Gasteiger partial charge >= 0.3 is 6.09 Å². The van der Waals surface area contributed by atoms with Gasteiger partial charge in [-0.1, -0.05) is 12.1 Å². The van der Waals surface area contributed by atoms with E-state index in [1.165, 1.54) is 0 Å². The van der Waals surface area contributed by atoms with Gasteiger partial charge in [0, 0.05) is 6.42 Å². The Kier molecular flexibility index (Phi) is 4.06. The summed E-state index contributed by atoms with van der Waals surface area (Å²) in [6.45, 7) is 5.31. The van der Waals surface area contributed by atoms with Crippen LogP contribution in [0.5, 0.6) is 5.75 Å². The number of benzene rings is 1. The van der Waals surface area contributed by atoms with Gasteiger partial charge in [0.15, 0.2) is 0 Å². The number of alkyl carbamates (subject to hydrolysis) is 1. The highest BCUT2D eigenvalue weighted by atomic mass is 16.6. The normalized spacial score (nSPS) is 17.5. The van der Waals surface area contributed by atoms with E-state index in [9.17, 15) is 9.59 Å². The molecule has 0 saturated heterocycles. The van der Waals surface area contributed by atoms with Gasteiger partial charge in [-0.05, 0) is 32.4 Å². The zero-order valence-corrected chi connectivity index (χ0v) is 12.6. The number of amides is 2. The van der Waals surface area contributed by atoms with Gasteiger partial charge < -0.3 is 20.1 Å². The molecule has 1 aliphatic heterocycles. The Hall–Kier alpha value is -2.24. The number of hydrogen-bond donors (Lipinski definition) is 2. The Labute approximate surface area is 123 Å². The molecule has 6 heteroatoms. The Bertz CT molecular complexity index is 563. The van der Waals surface area contributed by atoms with E-state index in [0.717, 1.165) is 5.56 Å². The number of para-hydroxylation sites is 1. The molecule has 1 atom stereocenters. The van der Waals surface area contributed by atoms with Crippen LogP contribution in [0.15, 0.2) is 18.2 Å². The Balaban J connectivity index is 2.11. The first kappa shape index (κ1) is 15.2. The third-order valence-corrected chi connectivity index (χ3v) is 3.01. The first-order valence-electron chi connectivity index (χ1n) is 6.76. The number of hydrogen-bond acceptors (Lipinski definition) is 4. The van der Waals surface area contributed by atoms with Crippen LogP contribution in [0.2, 0.25) is 0 Å². The fourth-order valence-corrected chi connectivity index (χ4v) is 2.15. The van der Waals surface area contributed by atoms with Crippen LogP contribution in [-0.2, 0) is 16.0 Å². The second-order valence-electron chi connectivity index (χ2n) is 5.89. The zero-order chi connectivity index (χ0) is 15.6. The smallest absolute Gasteiger partial charge is 0.408 e. The molecule has 1 aromatic carbocycles. The molecule has 2 rings (SSSR count). The standard InChI is InChI=1S/C15H20N2O4/c1-15(2,3)21-14(19)16-10-8-9-6-5-7-11(20-4)12(9)17-13(10)18/h5-7,10H,8H2,1-4H3,(H,16,19)(H,17,18)/t10-/m1/s1. The average molecular weight is 292 g/mol. The summed E-state index contributed by atoms with van der Waals surface area (Å²) in [5.41, 5.74) is 0.971. The Morgan fingerprint density at radius 2 is 2.10 bits per heavy atom. The van der Waals surface area contributed by atoms with Gasteiger partial charge in [-0.2, -0.15) is 0 Å². The van der Waals surface area contributed by atoms with Crippen LogP contribution in [0.25, 0.3) is 0 Å². The number of rotatable bonds is 2. The number of methoxy groups -OCH3 is 1. The molecule has 0 spiro atoms. The van der Waals surface area contributed by atoms with Crippen molar-refractivity contribution in [3.8, 4) is 5.75 Å². The Morgan fingerprint density at radius 3 is 2.71 bits per heavy atom. The minimum Gasteiger partial charge on any atom is -0.495 e. The number of ether oxygens (including phenoxy) is 2. The second kappa shape index (κ2) is 5.63. The van der Waals surface area contributed by atoms with Gasteiger partial charge in [0.1, 0.15) is 17.4 Å². The van der Waals surface area contributed by atoms with Crippen molar-refractivity contribution in [1.29, 1.82) is 0 Å². The monoisotopic (exact) mass is 292 g/mol. The van der Waals surface area contributed by atoms with Crippen molar-refractivity contribution < 1.29 is 19.1 Å². The van der Waals surface area contributed by atoms with E-state index in [-0.39, 0.29) is 5.91 Å². The fraction of sp³-hybridized carbons (Fsp3) is 0.467. The molecule has 2 N–H and O–H groups in total. The highest BCUT2D eigenvalue weighted by molar-refractivity contribution is 6.00. The first-order chi connectivity index (χ1) is 9.80. The molecule has 2 amide bonds. The molecule has 0 bridgehead atoms. The van der Waals surface area contributed by atoms with Crippen LogP contribution in [-0.4, -0.2) is 30.8 Å². The highest BCUT2D eigenvalue weighted by Gasteiger charge is 2.30. The summed E-state index contributed by atoms with van der Waals surface area (Å²) in [6.07, 6.45) is -0.202. The maximum atomic E-state index is 12.1. The molecule has 0 aromatic heterocycles. The number of carbonyl (C=O) groups is 2. The Morgan fingerprint density at radius 1 is 1.38 bits per heavy atom. The predicted molar refractivity (Wildman–Crippen MR) is 78.5 cm³/mol. The minimum atomic E-state index is -0.653. The summed E-state index contributed by atoms with van der Waals surface area (Å²) in [5, 5.41) is 5.35. The largest absolute Gasteiger partial charge is 0.495 e. The van der Waals surface area contributed by atoms with Crippen LogP contribution >= 0.6 is 0 Å². The van der Waals surface area contributed by atoms with Gasteiger partial charge in [-0.25, -0.2) is 4.79 Å². The molecule has 6 nitrogen and oxygen atoms in total. The van der Waals surface area contributed by atoms with Crippen molar-refractivity contribution >= 4 is 17.7 Å². The highest BCUT2D eigenvalue weighted by Crippen LogP contribution is 2.32. The van der Waals surface area contributed by atoms with E-state index in [4.69, 9.17) is 9.47 Å². The molecular weight excluding hydrogens is 272 g/mol. The number of anilines is 1. The fourth-order valence-electron chi connectivity index (χ4n) is 2.15. The van der Waals surface area contributed by atoms with Crippen molar-refractivity contribution in [3.05, 3.63) is 23.8 Å². The van der Waals surface area contributed by atoms with Gasteiger partial charge in [-0.3, -0.25) is 4.79 Å². The van der Waals surface area contributed by atoms with Gasteiger partial charge in [0.2, 0.25) is 5.91 Å². The van der Waals surface area contributed by atoms with E-state index in [2.05, 4.69) is 10.6 Å². The van der Waals surface area contributed by atoms with E-state index in [0.29, 0.717) is 17.9 Å². The van der Waals surface area contributed by atoms with Crippen LogP contribution in [0.4, 0.5) is 10.5 Å². The number of fused-ring (bicyclic) bond motifs is 1. The maximum Gasteiger partial charge on any atom is 0.408 e. The number of nitrogens with one attached hydrogen (secondary N) is 2. The average Bonchev–Trinajstić information content (AvgIpc) is 2.36. The van der Waals surface area contributed by atoms with E-state index >= 15 is 0 Å². The van der Waals surface area contributed by atoms with Crippen molar-refractivity contribution in [1.82, 2.24) is 5.32 Å². The molecule has 114 valence electrons. The SMILES string of the molecule is COc1cccc2c1NC(=O)[C@H](NC(=O)OC(C)(C)C)C2.